The maximum absolute atomic E-state index is 16.1. The van der Waals surface area contributed by atoms with Gasteiger partial charge in [-0.1, -0.05) is 54.2 Å². The molecule has 1 amide bonds. The van der Waals surface area contributed by atoms with Gasteiger partial charge in [-0.15, -0.1) is 0 Å². The second-order valence-electron chi connectivity index (χ2n) is 13.6. The van der Waals surface area contributed by atoms with Crippen LogP contribution < -0.4 is 15.0 Å². The van der Waals surface area contributed by atoms with Crippen molar-refractivity contribution in [3.05, 3.63) is 101 Å². The van der Waals surface area contributed by atoms with E-state index in [2.05, 4.69) is 10.3 Å². The van der Waals surface area contributed by atoms with E-state index in [-0.39, 0.29) is 29.0 Å². The normalized spacial score (nSPS) is 15.1. The summed E-state index contributed by atoms with van der Waals surface area (Å²) < 4.78 is 29.0. The van der Waals surface area contributed by atoms with Gasteiger partial charge < -0.3 is 14.4 Å². The zero-order valence-corrected chi connectivity index (χ0v) is 28.7. The average Bonchev–Trinajstić information content (AvgIpc) is 3.50. The number of carbonyl (C=O) groups excluding carboxylic acids is 2. The Kier molecular flexibility index (Phi) is 9.07. The third-order valence-corrected chi connectivity index (χ3v) is 9.88. The molecule has 7 rings (SSSR count). The maximum Gasteiger partial charge on any atom is 0.358 e. The van der Waals surface area contributed by atoms with Gasteiger partial charge in [0.15, 0.2) is 22.4 Å². The van der Waals surface area contributed by atoms with Crippen molar-refractivity contribution in [2.45, 2.75) is 77.5 Å². The van der Waals surface area contributed by atoms with Crippen molar-refractivity contribution >= 4 is 44.4 Å². The smallest absolute Gasteiger partial charge is 0.358 e. The highest BCUT2D eigenvalue weighted by atomic mass is 32.1. The van der Waals surface area contributed by atoms with E-state index in [0.29, 0.717) is 41.6 Å². The van der Waals surface area contributed by atoms with Crippen LogP contribution in [0.25, 0.3) is 21.3 Å². The standard InChI is InChI=1S/C39H39FN4O4S/c1-39(2,3)48-37(46)35-27(26-14-10-17-31(34(26)40)47-25-12-5-4-6-13-25)19-20-33(42-35)44-22-21-24-11-9-15-28(29(24)23-44)36(45)43-38-41-30-16-7-8-18-32(30)49-38/h7-11,14-20,25H,4-6,12-13,21-23H2,1-3H3,(H,41,43,45). The van der Waals surface area contributed by atoms with Crippen LogP contribution in [0.15, 0.2) is 72.8 Å². The van der Waals surface area contributed by atoms with Gasteiger partial charge >= 0.3 is 5.97 Å². The SMILES string of the molecule is CC(C)(C)OC(=O)c1nc(N2CCc3cccc(C(=O)Nc4nc5ccccc5s4)c3C2)ccc1-c1cccc(OC2CCCCC2)c1F. The second kappa shape index (κ2) is 13.6. The van der Waals surface area contributed by atoms with Crippen molar-refractivity contribution in [2.75, 3.05) is 16.8 Å². The van der Waals surface area contributed by atoms with Crippen molar-refractivity contribution in [1.29, 1.82) is 0 Å². The number of esters is 1. The average molecular weight is 679 g/mol. The molecule has 1 saturated carbocycles. The maximum atomic E-state index is 16.1. The van der Waals surface area contributed by atoms with E-state index >= 15 is 4.39 Å². The molecule has 0 radical (unpaired) electrons. The molecular formula is C39H39FN4O4S. The summed E-state index contributed by atoms with van der Waals surface area (Å²) >= 11 is 1.43. The lowest BCUT2D eigenvalue weighted by Gasteiger charge is -2.31. The molecule has 2 aliphatic rings. The Labute approximate surface area is 289 Å². The number of nitrogens with one attached hydrogen (secondary N) is 1. The van der Waals surface area contributed by atoms with Crippen LogP contribution in [0.5, 0.6) is 5.75 Å². The first-order valence-corrected chi connectivity index (χ1v) is 17.7. The Morgan fingerprint density at radius 3 is 2.51 bits per heavy atom. The lowest BCUT2D eigenvalue weighted by molar-refractivity contribution is 0.00637. The fourth-order valence-electron chi connectivity index (χ4n) is 6.58. The summed E-state index contributed by atoms with van der Waals surface area (Å²) in [6.07, 6.45) is 5.74. The monoisotopic (exact) mass is 678 g/mol. The first-order chi connectivity index (χ1) is 23.6. The highest BCUT2D eigenvalue weighted by Gasteiger charge is 2.29. The zero-order chi connectivity index (χ0) is 34.1. The molecule has 1 aliphatic carbocycles. The predicted octanol–water partition coefficient (Wildman–Crippen LogP) is 8.98. The lowest BCUT2D eigenvalue weighted by Crippen LogP contribution is -2.33. The number of ether oxygens (including phenoxy) is 2. The fraction of sp³-hybridized carbons (Fsp3) is 0.333. The number of anilines is 2. The molecular weight excluding hydrogens is 640 g/mol. The van der Waals surface area contributed by atoms with E-state index in [1.54, 1.807) is 51.1 Å². The summed E-state index contributed by atoms with van der Waals surface area (Å²) in [7, 11) is 0. The van der Waals surface area contributed by atoms with E-state index < -0.39 is 17.4 Å². The molecule has 0 bridgehead atoms. The van der Waals surface area contributed by atoms with Crippen LogP contribution in [0.2, 0.25) is 0 Å². The van der Waals surface area contributed by atoms with E-state index in [1.807, 2.05) is 47.4 Å². The molecule has 10 heteroatoms. The molecule has 3 heterocycles. The first-order valence-electron chi connectivity index (χ1n) is 16.9. The molecule has 0 unspecified atom stereocenters. The van der Waals surface area contributed by atoms with Gasteiger partial charge in [-0.2, -0.15) is 0 Å². The van der Waals surface area contributed by atoms with Gasteiger partial charge in [-0.3, -0.25) is 10.1 Å². The van der Waals surface area contributed by atoms with E-state index in [1.165, 1.54) is 17.8 Å². The van der Waals surface area contributed by atoms with Gasteiger partial charge in [0.25, 0.3) is 5.91 Å². The molecule has 0 spiro atoms. The van der Waals surface area contributed by atoms with Crippen LogP contribution >= 0.6 is 11.3 Å². The summed E-state index contributed by atoms with van der Waals surface area (Å²) in [5, 5.41) is 3.52. The quantitative estimate of drug-likeness (QED) is 0.172. The number of fused-ring (bicyclic) bond motifs is 2. The number of carbonyl (C=O) groups is 2. The topological polar surface area (TPSA) is 93.7 Å². The first kappa shape index (κ1) is 32.7. The number of hydrogen-bond acceptors (Lipinski definition) is 8. The van der Waals surface area contributed by atoms with Crippen molar-refractivity contribution in [1.82, 2.24) is 9.97 Å². The van der Waals surface area contributed by atoms with E-state index in [9.17, 15) is 9.59 Å². The van der Waals surface area contributed by atoms with Crippen molar-refractivity contribution in [3.8, 4) is 16.9 Å². The summed E-state index contributed by atoms with van der Waals surface area (Å²) in [6, 6.07) is 22.1. The van der Waals surface area contributed by atoms with Crippen molar-refractivity contribution in [2.24, 2.45) is 0 Å². The van der Waals surface area contributed by atoms with Crippen LogP contribution in [-0.2, 0) is 17.7 Å². The highest BCUT2D eigenvalue weighted by molar-refractivity contribution is 7.22. The lowest BCUT2D eigenvalue weighted by atomic mass is 9.94. The summed E-state index contributed by atoms with van der Waals surface area (Å²) in [6.45, 7) is 6.38. The Bertz CT molecular complexity index is 2000. The molecule has 0 saturated heterocycles. The third-order valence-electron chi connectivity index (χ3n) is 8.93. The summed E-state index contributed by atoms with van der Waals surface area (Å²) in [5.41, 5.74) is 3.15. The second-order valence-corrected chi connectivity index (χ2v) is 14.6. The van der Waals surface area contributed by atoms with Gasteiger partial charge in [0.05, 0.1) is 16.3 Å². The Hall–Kier alpha value is -4.83. The fourth-order valence-corrected chi connectivity index (χ4v) is 7.44. The minimum atomic E-state index is -0.786. The van der Waals surface area contributed by atoms with E-state index in [0.717, 1.165) is 47.0 Å². The molecule has 2 aromatic heterocycles. The Balaban J connectivity index is 1.19. The molecule has 8 nitrogen and oxygen atoms in total. The Morgan fingerprint density at radius 2 is 1.71 bits per heavy atom. The molecule has 49 heavy (non-hydrogen) atoms. The number of amides is 1. The Morgan fingerprint density at radius 1 is 0.918 bits per heavy atom. The number of pyridine rings is 1. The summed E-state index contributed by atoms with van der Waals surface area (Å²) in [5.74, 6) is -0.695. The van der Waals surface area contributed by atoms with Gasteiger partial charge in [0.2, 0.25) is 0 Å². The zero-order valence-electron chi connectivity index (χ0n) is 27.9. The number of rotatable bonds is 7. The number of nitrogens with zero attached hydrogens (tertiary/aromatic N) is 3. The van der Waals surface area contributed by atoms with Crippen LogP contribution in [0, 0.1) is 5.82 Å². The number of halogens is 1. The summed E-state index contributed by atoms with van der Waals surface area (Å²) in [4.78, 5) is 38.7. The van der Waals surface area contributed by atoms with Crippen LogP contribution in [0.3, 0.4) is 0 Å². The highest BCUT2D eigenvalue weighted by Crippen LogP contribution is 2.36. The molecule has 5 aromatic rings. The van der Waals surface area contributed by atoms with Gasteiger partial charge in [-0.25, -0.2) is 19.2 Å². The minimum absolute atomic E-state index is 0.0220. The predicted molar refractivity (Wildman–Crippen MR) is 191 cm³/mol. The van der Waals surface area contributed by atoms with Gasteiger partial charge in [0, 0.05) is 29.8 Å². The number of para-hydroxylation sites is 1. The van der Waals surface area contributed by atoms with Crippen molar-refractivity contribution in [3.63, 3.8) is 0 Å². The molecule has 1 N–H and O–H groups in total. The number of hydrogen-bond donors (Lipinski definition) is 1. The molecule has 0 atom stereocenters. The molecule has 1 fully saturated rings. The minimum Gasteiger partial charge on any atom is -0.487 e. The number of aromatic nitrogens is 2. The van der Waals surface area contributed by atoms with E-state index in [4.69, 9.17) is 14.5 Å². The van der Waals surface area contributed by atoms with Crippen molar-refractivity contribution < 1.29 is 23.5 Å². The molecule has 252 valence electrons. The number of thiazole rings is 1. The van der Waals surface area contributed by atoms with Crippen LogP contribution in [0.4, 0.5) is 15.3 Å². The van der Waals surface area contributed by atoms with Crippen LogP contribution in [0.1, 0.15) is 84.8 Å². The molecule has 3 aromatic carbocycles. The van der Waals surface area contributed by atoms with Crippen LogP contribution in [-0.4, -0.2) is 40.1 Å². The third kappa shape index (κ3) is 7.15. The van der Waals surface area contributed by atoms with Gasteiger partial charge in [-0.05, 0) is 100 Å². The van der Waals surface area contributed by atoms with Gasteiger partial charge in [0.1, 0.15) is 11.4 Å². The number of benzene rings is 3. The molecule has 1 aliphatic heterocycles. The largest absolute Gasteiger partial charge is 0.487 e.